The normalized spacial score (nSPS) is 12.0. The third-order valence-electron chi connectivity index (χ3n) is 3.95. The van der Waals surface area contributed by atoms with Crippen molar-refractivity contribution < 1.29 is 4.79 Å². The first-order chi connectivity index (χ1) is 12.8. The molecule has 0 aliphatic rings. The lowest BCUT2D eigenvalue weighted by molar-refractivity contribution is -0.115. The van der Waals surface area contributed by atoms with Gasteiger partial charge in [0.1, 0.15) is 0 Å². The zero-order valence-electron chi connectivity index (χ0n) is 15.2. The van der Waals surface area contributed by atoms with Gasteiger partial charge in [-0.1, -0.05) is 47.1 Å². The highest BCUT2D eigenvalue weighted by molar-refractivity contribution is 8.00. The number of halogens is 2. The first kappa shape index (κ1) is 19.8. The van der Waals surface area contributed by atoms with Gasteiger partial charge in [-0.05, 0) is 56.2 Å². The molecular formula is C20H19Cl2N3OS. The van der Waals surface area contributed by atoms with Crippen molar-refractivity contribution in [1.29, 1.82) is 0 Å². The molecule has 3 rings (SSSR count). The Morgan fingerprint density at radius 1 is 1.15 bits per heavy atom. The molecule has 0 saturated carbocycles. The van der Waals surface area contributed by atoms with E-state index in [0.717, 1.165) is 10.8 Å². The minimum atomic E-state index is -0.385. The molecule has 0 radical (unpaired) electrons. The van der Waals surface area contributed by atoms with E-state index in [1.165, 1.54) is 22.9 Å². The summed E-state index contributed by atoms with van der Waals surface area (Å²) < 4.78 is 1.98. The number of benzene rings is 2. The maximum absolute atomic E-state index is 12.6. The Morgan fingerprint density at radius 3 is 2.41 bits per heavy atom. The summed E-state index contributed by atoms with van der Waals surface area (Å²) in [7, 11) is 0. The van der Waals surface area contributed by atoms with Gasteiger partial charge in [0.2, 0.25) is 5.91 Å². The SMILES string of the molecule is Cc1cc(C)cc(-n2ccnc2SC(C)C(=O)Nc2c(Cl)cccc2Cl)c1. The van der Waals surface area contributed by atoms with E-state index >= 15 is 0 Å². The Labute approximate surface area is 172 Å². The van der Waals surface area contributed by atoms with E-state index < -0.39 is 0 Å². The Kier molecular flexibility index (Phi) is 6.15. The van der Waals surface area contributed by atoms with Crippen molar-refractivity contribution >= 4 is 46.6 Å². The van der Waals surface area contributed by atoms with Gasteiger partial charge in [0.15, 0.2) is 5.16 Å². The van der Waals surface area contributed by atoms with Crippen molar-refractivity contribution in [2.75, 3.05) is 5.32 Å². The summed E-state index contributed by atoms with van der Waals surface area (Å²) in [5.74, 6) is -0.190. The van der Waals surface area contributed by atoms with Gasteiger partial charge < -0.3 is 5.32 Å². The third kappa shape index (κ3) is 4.67. The predicted molar refractivity (Wildman–Crippen MR) is 113 cm³/mol. The van der Waals surface area contributed by atoms with Crippen molar-refractivity contribution in [1.82, 2.24) is 9.55 Å². The molecule has 1 amide bonds. The molecule has 7 heteroatoms. The second kappa shape index (κ2) is 8.38. The van der Waals surface area contributed by atoms with E-state index in [-0.39, 0.29) is 11.2 Å². The maximum Gasteiger partial charge on any atom is 0.237 e. The van der Waals surface area contributed by atoms with Crippen molar-refractivity contribution in [3.05, 3.63) is 70.0 Å². The molecular weight excluding hydrogens is 401 g/mol. The van der Waals surface area contributed by atoms with E-state index in [4.69, 9.17) is 23.2 Å². The van der Waals surface area contributed by atoms with Crippen LogP contribution in [0.15, 0.2) is 53.9 Å². The van der Waals surface area contributed by atoms with E-state index in [2.05, 4.69) is 42.3 Å². The number of amides is 1. The van der Waals surface area contributed by atoms with Crippen LogP contribution in [-0.4, -0.2) is 20.7 Å². The summed E-state index contributed by atoms with van der Waals surface area (Å²) in [5.41, 5.74) is 3.80. The largest absolute Gasteiger partial charge is 0.323 e. The van der Waals surface area contributed by atoms with Gasteiger partial charge in [-0.2, -0.15) is 0 Å². The number of thioether (sulfide) groups is 1. The standard InChI is InChI=1S/C20H19Cl2N3OS/c1-12-9-13(2)11-15(10-12)25-8-7-23-20(25)27-14(3)19(26)24-18-16(21)5-4-6-17(18)22/h4-11,14H,1-3H3,(H,24,26). The first-order valence-electron chi connectivity index (χ1n) is 8.38. The van der Waals surface area contributed by atoms with Gasteiger partial charge >= 0.3 is 0 Å². The zero-order valence-corrected chi connectivity index (χ0v) is 17.5. The average molecular weight is 420 g/mol. The quantitative estimate of drug-likeness (QED) is 0.522. The minimum Gasteiger partial charge on any atom is -0.323 e. The van der Waals surface area contributed by atoms with E-state index in [1.54, 1.807) is 24.4 Å². The summed E-state index contributed by atoms with van der Waals surface area (Å²) in [6, 6.07) is 11.4. The molecule has 0 bridgehead atoms. The van der Waals surface area contributed by atoms with E-state index in [0.29, 0.717) is 15.7 Å². The van der Waals surface area contributed by atoms with E-state index in [1.807, 2.05) is 17.7 Å². The molecule has 0 spiro atoms. The topological polar surface area (TPSA) is 46.9 Å². The van der Waals surface area contributed by atoms with Gasteiger partial charge in [0.05, 0.1) is 21.0 Å². The third-order valence-corrected chi connectivity index (χ3v) is 5.66. The summed E-state index contributed by atoms with van der Waals surface area (Å²) in [4.78, 5) is 17.0. The number of hydrogen-bond donors (Lipinski definition) is 1. The van der Waals surface area contributed by atoms with E-state index in [9.17, 15) is 4.79 Å². The number of hydrogen-bond acceptors (Lipinski definition) is 3. The molecule has 0 fully saturated rings. The van der Waals surface area contributed by atoms with Crippen molar-refractivity contribution in [2.24, 2.45) is 0 Å². The molecule has 0 aliphatic carbocycles. The molecule has 1 aromatic heterocycles. The Morgan fingerprint density at radius 2 is 1.78 bits per heavy atom. The second-order valence-electron chi connectivity index (χ2n) is 6.27. The lowest BCUT2D eigenvalue weighted by Gasteiger charge is -2.15. The molecule has 1 atom stereocenters. The molecule has 1 heterocycles. The van der Waals surface area contributed by atoms with Crippen LogP contribution in [0, 0.1) is 13.8 Å². The number of rotatable bonds is 5. The zero-order chi connectivity index (χ0) is 19.6. The number of nitrogens with zero attached hydrogens (tertiary/aromatic N) is 2. The molecule has 0 aliphatic heterocycles. The van der Waals surface area contributed by atoms with Crippen LogP contribution in [0.4, 0.5) is 5.69 Å². The fourth-order valence-electron chi connectivity index (χ4n) is 2.72. The highest BCUT2D eigenvalue weighted by Gasteiger charge is 2.20. The summed E-state index contributed by atoms with van der Waals surface area (Å²) >= 11 is 13.6. The van der Waals surface area contributed by atoms with Crippen LogP contribution in [0.3, 0.4) is 0 Å². The van der Waals surface area contributed by atoms with Crippen molar-refractivity contribution in [3.8, 4) is 5.69 Å². The number of nitrogens with one attached hydrogen (secondary N) is 1. The highest BCUT2D eigenvalue weighted by atomic mass is 35.5. The molecule has 140 valence electrons. The lowest BCUT2D eigenvalue weighted by atomic mass is 10.1. The Bertz CT molecular complexity index is 947. The monoisotopic (exact) mass is 419 g/mol. The minimum absolute atomic E-state index is 0.190. The number of carbonyl (C=O) groups excluding carboxylic acids is 1. The summed E-state index contributed by atoms with van der Waals surface area (Å²) in [6.07, 6.45) is 3.63. The van der Waals surface area contributed by atoms with Crippen LogP contribution in [0.5, 0.6) is 0 Å². The van der Waals surface area contributed by atoms with Gasteiger partial charge in [0.25, 0.3) is 0 Å². The molecule has 27 heavy (non-hydrogen) atoms. The number of aryl methyl sites for hydroxylation is 2. The Balaban J connectivity index is 1.78. The maximum atomic E-state index is 12.6. The molecule has 1 N–H and O–H groups in total. The van der Waals surface area contributed by atoms with Gasteiger partial charge in [-0.25, -0.2) is 4.98 Å². The number of anilines is 1. The predicted octanol–water partition coefficient (Wildman–Crippen LogP) is 5.92. The average Bonchev–Trinajstić information content (AvgIpc) is 3.05. The van der Waals surface area contributed by atoms with Crippen molar-refractivity contribution in [3.63, 3.8) is 0 Å². The molecule has 2 aromatic carbocycles. The fourth-order valence-corrected chi connectivity index (χ4v) is 4.09. The number of carbonyl (C=O) groups is 1. The van der Waals surface area contributed by atoms with Gasteiger partial charge in [0, 0.05) is 18.1 Å². The van der Waals surface area contributed by atoms with Crippen LogP contribution in [-0.2, 0) is 4.79 Å². The van der Waals surface area contributed by atoms with Crippen LogP contribution in [0.25, 0.3) is 5.69 Å². The highest BCUT2D eigenvalue weighted by Crippen LogP contribution is 2.31. The van der Waals surface area contributed by atoms with Gasteiger partial charge in [-0.3, -0.25) is 9.36 Å². The van der Waals surface area contributed by atoms with Crippen LogP contribution >= 0.6 is 35.0 Å². The van der Waals surface area contributed by atoms with Gasteiger partial charge in [-0.15, -0.1) is 0 Å². The Hall–Kier alpha value is -1.95. The molecule has 3 aromatic rings. The lowest BCUT2D eigenvalue weighted by Crippen LogP contribution is -2.23. The second-order valence-corrected chi connectivity index (χ2v) is 8.39. The molecule has 0 saturated heterocycles. The first-order valence-corrected chi connectivity index (χ1v) is 10.0. The van der Waals surface area contributed by atoms with Crippen LogP contribution in [0.2, 0.25) is 10.0 Å². The number of imidazole rings is 1. The molecule has 4 nitrogen and oxygen atoms in total. The molecule has 1 unspecified atom stereocenters. The van der Waals surface area contributed by atoms with Crippen molar-refractivity contribution in [2.45, 2.75) is 31.2 Å². The fraction of sp³-hybridized carbons (Fsp3) is 0.200. The number of para-hydroxylation sites is 1. The summed E-state index contributed by atoms with van der Waals surface area (Å²) in [5, 5.41) is 3.98. The van der Waals surface area contributed by atoms with Crippen LogP contribution < -0.4 is 5.32 Å². The van der Waals surface area contributed by atoms with Crippen LogP contribution in [0.1, 0.15) is 18.1 Å². The summed E-state index contributed by atoms with van der Waals surface area (Å²) in [6.45, 7) is 5.94. The number of aromatic nitrogens is 2. The smallest absolute Gasteiger partial charge is 0.237 e.